The number of hydrogen-bond acceptors (Lipinski definition) is 8. The van der Waals surface area contributed by atoms with E-state index >= 15 is 0 Å². The number of rotatable bonds is 14. The molecular formula is C47H58N6O6. The van der Waals surface area contributed by atoms with Gasteiger partial charge in [0.2, 0.25) is 0 Å². The van der Waals surface area contributed by atoms with Gasteiger partial charge in [-0.05, 0) is 93.9 Å². The lowest BCUT2D eigenvalue weighted by atomic mass is 9.71. The van der Waals surface area contributed by atoms with E-state index in [1.165, 1.54) is 9.59 Å². The Kier molecular flexibility index (Phi) is 11.4. The van der Waals surface area contributed by atoms with E-state index < -0.39 is 11.9 Å². The van der Waals surface area contributed by atoms with Gasteiger partial charge in [-0.2, -0.15) is 0 Å². The zero-order valence-corrected chi connectivity index (χ0v) is 36.0. The third-order valence-electron chi connectivity index (χ3n) is 10.9. The molecule has 2 heterocycles. The van der Waals surface area contributed by atoms with Crippen molar-refractivity contribution < 1.29 is 30.0 Å². The number of hydrogen-bond donors (Lipinski definition) is 4. The third-order valence-corrected chi connectivity index (χ3v) is 10.9. The molecule has 0 amide bonds. The van der Waals surface area contributed by atoms with Gasteiger partial charge in [-0.25, -0.2) is 0 Å². The summed E-state index contributed by atoms with van der Waals surface area (Å²) in [5, 5.41) is 62.4. The maximum Gasteiger partial charge on any atom is 0.303 e. The number of benzene rings is 4. The van der Waals surface area contributed by atoms with Gasteiger partial charge in [0.15, 0.2) is 0 Å². The molecule has 12 nitrogen and oxygen atoms in total. The molecule has 6 aromatic rings. The highest BCUT2D eigenvalue weighted by atomic mass is 16.4. The van der Waals surface area contributed by atoms with E-state index in [2.05, 4.69) is 69.2 Å². The fraction of sp³-hybridized carbons (Fsp3) is 0.447. The SMILES string of the molecule is CC(C)(C)CC(C)(C)c1cc(Cc2cc(C(C)(C)CC(C)(C)C)cc(-n3nc4cccc(CCC(=O)O)c4n3)c2O)c(O)c(-n2nc3cccc(CCC(=O)O)c3n2)c1. The van der Waals surface area contributed by atoms with Crippen molar-refractivity contribution in [2.45, 2.75) is 125 Å². The van der Waals surface area contributed by atoms with E-state index in [1.54, 1.807) is 0 Å². The van der Waals surface area contributed by atoms with E-state index in [1.807, 2.05) is 60.7 Å². The minimum atomic E-state index is -0.903. The smallest absolute Gasteiger partial charge is 0.303 e. The Hall–Kier alpha value is -5.78. The van der Waals surface area contributed by atoms with Crippen molar-refractivity contribution in [3.05, 3.63) is 94.0 Å². The molecule has 312 valence electrons. The van der Waals surface area contributed by atoms with Gasteiger partial charge in [0.25, 0.3) is 0 Å². The van der Waals surface area contributed by atoms with Crippen molar-refractivity contribution in [2.24, 2.45) is 10.8 Å². The number of aromatic nitrogens is 6. The fourth-order valence-electron chi connectivity index (χ4n) is 8.86. The predicted octanol–water partition coefficient (Wildman–Crippen LogP) is 9.62. The second-order valence-electron chi connectivity index (χ2n) is 19.8. The molecule has 4 aromatic carbocycles. The summed E-state index contributed by atoms with van der Waals surface area (Å²) in [5.41, 5.74) is 6.84. The number of aliphatic carboxylic acids is 2. The monoisotopic (exact) mass is 802 g/mol. The lowest BCUT2D eigenvalue weighted by Crippen LogP contribution is -2.25. The first-order chi connectivity index (χ1) is 27.4. The molecule has 2 aromatic heterocycles. The highest BCUT2D eigenvalue weighted by molar-refractivity contribution is 5.80. The predicted molar refractivity (Wildman–Crippen MR) is 230 cm³/mol. The number of aromatic hydroxyl groups is 2. The van der Waals surface area contributed by atoms with Crippen LogP contribution < -0.4 is 0 Å². The Balaban J connectivity index is 1.55. The summed E-state index contributed by atoms with van der Waals surface area (Å²) in [6.07, 6.45) is 2.28. The molecule has 0 saturated carbocycles. The van der Waals surface area contributed by atoms with Gasteiger partial charge in [0.05, 0.1) is 0 Å². The third kappa shape index (κ3) is 9.75. The van der Waals surface area contributed by atoms with Crippen LogP contribution in [0.5, 0.6) is 11.5 Å². The Labute approximate surface area is 345 Å². The van der Waals surface area contributed by atoms with Crippen molar-refractivity contribution in [1.29, 1.82) is 0 Å². The summed E-state index contributed by atoms with van der Waals surface area (Å²) in [6, 6.07) is 18.9. The number of carboxylic acids is 2. The number of phenolic OH excluding ortho intramolecular Hbond substituents is 2. The van der Waals surface area contributed by atoms with Crippen LogP contribution in [-0.2, 0) is 39.7 Å². The van der Waals surface area contributed by atoms with E-state index in [-0.39, 0.29) is 65.3 Å². The normalized spacial score (nSPS) is 12.8. The maximum atomic E-state index is 12.2. The average molecular weight is 803 g/mol. The molecule has 0 atom stereocenters. The van der Waals surface area contributed by atoms with Crippen molar-refractivity contribution in [3.8, 4) is 22.9 Å². The largest absolute Gasteiger partial charge is 0.505 e. The fourth-order valence-corrected chi connectivity index (χ4v) is 8.86. The van der Waals surface area contributed by atoms with Crippen LogP contribution in [0.3, 0.4) is 0 Å². The molecule has 0 aliphatic heterocycles. The zero-order chi connectivity index (χ0) is 43.2. The Morgan fingerprint density at radius 1 is 0.542 bits per heavy atom. The average Bonchev–Trinajstić information content (AvgIpc) is 3.74. The first-order valence-corrected chi connectivity index (χ1v) is 20.3. The lowest BCUT2D eigenvalue weighted by molar-refractivity contribution is -0.138. The van der Waals surface area contributed by atoms with Gasteiger partial charge < -0.3 is 20.4 Å². The molecule has 0 fully saturated rings. The van der Waals surface area contributed by atoms with Gasteiger partial charge in [-0.1, -0.05) is 106 Å². The maximum absolute atomic E-state index is 12.2. The Morgan fingerprint density at radius 3 is 1.25 bits per heavy atom. The van der Waals surface area contributed by atoms with Gasteiger partial charge >= 0.3 is 11.9 Å². The first kappa shape index (κ1) is 42.8. The number of carbonyl (C=O) groups is 2. The van der Waals surface area contributed by atoms with Gasteiger partial charge in [-0.3, -0.25) is 9.59 Å². The van der Waals surface area contributed by atoms with Crippen LogP contribution in [0, 0.1) is 10.8 Å². The number of fused-ring (bicyclic) bond motifs is 2. The van der Waals surface area contributed by atoms with Gasteiger partial charge in [-0.15, -0.1) is 30.0 Å². The van der Waals surface area contributed by atoms with Crippen molar-refractivity contribution >= 4 is 34.0 Å². The van der Waals surface area contributed by atoms with Gasteiger partial charge in [0.1, 0.15) is 44.9 Å². The molecule has 0 radical (unpaired) electrons. The Morgan fingerprint density at radius 2 is 0.915 bits per heavy atom. The van der Waals surface area contributed by atoms with Crippen molar-refractivity contribution in [1.82, 2.24) is 30.0 Å². The van der Waals surface area contributed by atoms with Crippen molar-refractivity contribution in [3.63, 3.8) is 0 Å². The van der Waals surface area contributed by atoms with Crippen LogP contribution in [0.4, 0.5) is 0 Å². The summed E-state index contributed by atoms with van der Waals surface area (Å²) in [7, 11) is 0. The van der Waals surface area contributed by atoms with E-state index in [0.29, 0.717) is 44.6 Å². The minimum absolute atomic E-state index is 0.0205. The minimum Gasteiger partial charge on any atom is -0.505 e. The van der Waals surface area contributed by atoms with E-state index in [0.717, 1.165) is 35.1 Å². The molecule has 6 rings (SSSR count). The van der Waals surface area contributed by atoms with Crippen LogP contribution >= 0.6 is 0 Å². The standard InChI is InChI=1S/C47H58N6O6/c1-44(2,3)26-46(7,8)32-22-30(42(58)36(24-32)52-48-34-15-11-13-28(40(34)50-52)17-19-38(54)55)21-31-23-33(47(9,10)27-45(4,5)6)25-37(43(31)59)53-49-35-16-12-14-29(41(35)51-53)18-20-39(56)57/h11-16,22-25,58-59H,17-21,26-27H2,1-10H3,(H,54,55)(H,56,57). The van der Waals surface area contributed by atoms with Crippen LogP contribution in [0.25, 0.3) is 33.4 Å². The van der Waals surface area contributed by atoms with Gasteiger partial charge in [0, 0.05) is 30.4 Å². The van der Waals surface area contributed by atoms with Crippen LogP contribution in [-0.4, -0.2) is 62.4 Å². The number of phenols is 2. The molecule has 0 bridgehead atoms. The number of carboxylic acid groups (broad SMARTS) is 2. The highest BCUT2D eigenvalue weighted by Crippen LogP contribution is 2.44. The zero-order valence-electron chi connectivity index (χ0n) is 36.0. The highest BCUT2D eigenvalue weighted by Gasteiger charge is 2.32. The molecule has 4 N–H and O–H groups in total. The number of nitrogens with zero attached hydrogens (tertiary/aromatic N) is 6. The second-order valence-corrected chi connectivity index (χ2v) is 19.8. The molecule has 0 aliphatic carbocycles. The molecule has 0 spiro atoms. The summed E-state index contributed by atoms with van der Waals surface area (Å²) >= 11 is 0. The molecule has 0 aliphatic rings. The van der Waals surface area contributed by atoms with Crippen LogP contribution in [0.2, 0.25) is 0 Å². The molecule has 59 heavy (non-hydrogen) atoms. The molecule has 0 saturated heterocycles. The van der Waals surface area contributed by atoms with Crippen LogP contribution in [0.1, 0.15) is 128 Å². The Bertz CT molecular complexity index is 2370. The second kappa shape index (κ2) is 15.8. The first-order valence-electron chi connectivity index (χ1n) is 20.3. The van der Waals surface area contributed by atoms with Crippen molar-refractivity contribution in [2.75, 3.05) is 0 Å². The molecule has 0 unspecified atom stereocenters. The lowest BCUT2D eigenvalue weighted by Gasteiger charge is -2.34. The quantitative estimate of drug-likeness (QED) is 0.0830. The molecule has 12 heteroatoms. The molecular weight excluding hydrogens is 745 g/mol. The summed E-state index contributed by atoms with van der Waals surface area (Å²) in [4.78, 5) is 25.7. The summed E-state index contributed by atoms with van der Waals surface area (Å²) < 4.78 is 0. The number of aryl methyl sites for hydroxylation is 2. The van der Waals surface area contributed by atoms with E-state index in [9.17, 15) is 30.0 Å². The topological polar surface area (TPSA) is 176 Å². The van der Waals surface area contributed by atoms with Crippen LogP contribution in [0.15, 0.2) is 60.7 Å². The summed E-state index contributed by atoms with van der Waals surface area (Å²) in [5.74, 6) is -1.89. The summed E-state index contributed by atoms with van der Waals surface area (Å²) in [6.45, 7) is 21.9. The van der Waals surface area contributed by atoms with E-state index in [4.69, 9.17) is 20.4 Å².